The van der Waals surface area contributed by atoms with Crippen LogP contribution in [0.1, 0.15) is 84.0 Å². The van der Waals surface area contributed by atoms with Gasteiger partial charge in [0.2, 0.25) is 0 Å². The second-order valence-electron chi connectivity index (χ2n) is 5.19. The standard InChI is InChI=1S/C14H28O2.C2H7NO/c1-2-3-4-5-6-7-8-9-10-11-12-13-14(15)16;3-1-2-4/h2-13H2,1H3,(H,15,16);4H,1-3H2. The van der Waals surface area contributed by atoms with Gasteiger partial charge < -0.3 is 15.9 Å². The Labute approximate surface area is 124 Å². The topological polar surface area (TPSA) is 83.5 Å². The number of hydrogen-bond donors (Lipinski definition) is 3. The molecule has 0 amide bonds. The third kappa shape index (κ3) is 26.1. The van der Waals surface area contributed by atoms with Gasteiger partial charge in [-0.15, -0.1) is 0 Å². The van der Waals surface area contributed by atoms with E-state index in [1.54, 1.807) is 0 Å². The fourth-order valence-corrected chi connectivity index (χ4v) is 1.94. The Morgan fingerprint density at radius 1 is 0.850 bits per heavy atom. The van der Waals surface area contributed by atoms with Crippen LogP contribution < -0.4 is 5.73 Å². The molecule has 0 bridgehead atoms. The Bertz CT molecular complexity index is 185. The summed E-state index contributed by atoms with van der Waals surface area (Å²) >= 11 is 0. The fraction of sp³-hybridized carbons (Fsp3) is 0.938. The molecule has 0 unspecified atom stereocenters. The Morgan fingerprint density at radius 2 is 1.20 bits per heavy atom. The van der Waals surface area contributed by atoms with Crippen molar-refractivity contribution < 1.29 is 15.0 Å². The van der Waals surface area contributed by atoms with E-state index in [9.17, 15) is 4.79 Å². The van der Waals surface area contributed by atoms with Crippen LogP contribution in [0.25, 0.3) is 0 Å². The highest BCUT2D eigenvalue weighted by molar-refractivity contribution is 5.66. The lowest BCUT2D eigenvalue weighted by molar-refractivity contribution is -0.137. The predicted molar refractivity (Wildman–Crippen MR) is 84.9 cm³/mol. The van der Waals surface area contributed by atoms with Crippen molar-refractivity contribution in [3.05, 3.63) is 0 Å². The smallest absolute Gasteiger partial charge is 0.303 e. The summed E-state index contributed by atoms with van der Waals surface area (Å²) in [6, 6.07) is 0. The van der Waals surface area contributed by atoms with E-state index in [2.05, 4.69) is 6.92 Å². The third-order valence-corrected chi connectivity index (χ3v) is 3.12. The molecule has 0 aromatic heterocycles. The van der Waals surface area contributed by atoms with Gasteiger partial charge in [0.25, 0.3) is 0 Å². The molecule has 4 nitrogen and oxygen atoms in total. The highest BCUT2D eigenvalue weighted by Gasteiger charge is 1.96. The molecule has 0 aliphatic heterocycles. The van der Waals surface area contributed by atoms with E-state index in [4.69, 9.17) is 15.9 Å². The van der Waals surface area contributed by atoms with Gasteiger partial charge in [0.15, 0.2) is 0 Å². The first kappa shape index (κ1) is 21.7. The van der Waals surface area contributed by atoms with Crippen LogP contribution in [-0.2, 0) is 4.79 Å². The number of aliphatic carboxylic acids is 1. The SMILES string of the molecule is CCCCCCCCCCCCCC(=O)O.NCCO. The molecule has 0 saturated carbocycles. The summed E-state index contributed by atoms with van der Waals surface area (Å²) in [6.07, 6.45) is 14.4. The van der Waals surface area contributed by atoms with Gasteiger partial charge in [0.1, 0.15) is 0 Å². The number of aliphatic hydroxyl groups is 1. The molecule has 0 aliphatic carbocycles. The fourth-order valence-electron chi connectivity index (χ4n) is 1.94. The molecule has 4 heteroatoms. The zero-order valence-corrected chi connectivity index (χ0v) is 13.3. The van der Waals surface area contributed by atoms with Crippen LogP contribution >= 0.6 is 0 Å². The van der Waals surface area contributed by atoms with Gasteiger partial charge in [0.05, 0.1) is 6.61 Å². The first-order chi connectivity index (χ1) is 9.68. The summed E-state index contributed by atoms with van der Waals surface area (Å²) in [4.78, 5) is 10.3. The van der Waals surface area contributed by atoms with Gasteiger partial charge in [-0.05, 0) is 6.42 Å². The molecule has 0 heterocycles. The van der Waals surface area contributed by atoms with Crippen LogP contribution in [-0.4, -0.2) is 29.3 Å². The molecular formula is C16H35NO3. The van der Waals surface area contributed by atoms with Crippen LogP contribution in [0, 0.1) is 0 Å². The Hall–Kier alpha value is -0.610. The highest BCUT2D eigenvalue weighted by Crippen LogP contribution is 2.11. The summed E-state index contributed by atoms with van der Waals surface area (Å²) in [5.74, 6) is -0.657. The molecule has 4 N–H and O–H groups in total. The Morgan fingerprint density at radius 3 is 1.50 bits per heavy atom. The number of rotatable bonds is 13. The minimum Gasteiger partial charge on any atom is -0.481 e. The maximum absolute atomic E-state index is 10.3. The van der Waals surface area contributed by atoms with Crippen molar-refractivity contribution >= 4 is 5.97 Å². The van der Waals surface area contributed by atoms with E-state index < -0.39 is 5.97 Å². The van der Waals surface area contributed by atoms with Crippen molar-refractivity contribution in [2.45, 2.75) is 84.0 Å². The lowest BCUT2D eigenvalue weighted by Gasteiger charge is -2.01. The summed E-state index contributed by atoms with van der Waals surface area (Å²) in [7, 11) is 0. The van der Waals surface area contributed by atoms with E-state index in [0.717, 1.165) is 12.8 Å². The second kappa shape index (κ2) is 20.7. The molecule has 20 heavy (non-hydrogen) atoms. The van der Waals surface area contributed by atoms with Crippen molar-refractivity contribution in [1.29, 1.82) is 0 Å². The van der Waals surface area contributed by atoms with Crippen molar-refractivity contribution in [1.82, 2.24) is 0 Å². The maximum atomic E-state index is 10.3. The number of hydrogen-bond acceptors (Lipinski definition) is 3. The average Bonchev–Trinajstić information content (AvgIpc) is 2.44. The minimum atomic E-state index is -0.657. The number of unbranched alkanes of at least 4 members (excludes halogenated alkanes) is 10. The maximum Gasteiger partial charge on any atom is 0.303 e. The van der Waals surface area contributed by atoms with Crippen LogP contribution in [0.4, 0.5) is 0 Å². The lowest BCUT2D eigenvalue weighted by Crippen LogP contribution is -2.02. The van der Waals surface area contributed by atoms with Gasteiger partial charge >= 0.3 is 5.97 Å². The molecule has 122 valence electrons. The van der Waals surface area contributed by atoms with Gasteiger partial charge in [-0.2, -0.15) is 0 Å². The summed E-state index contributed by atoms with van der Waals surface area (Å²) in [5, 5.41) is 16.2. The van der Waals surface area contributed by atoms with Gasteiger partial charge in [-0.25, -0.2) is 0 Å². The van der Waals surface area contributed by atoms with E-state index in [1.807, 2.05) is 0 Å². The first-order valence-corrected chi connectivity index (χ1v) is 8.21. The van der Waals surface area contributed by atoms with E-state index in [0.29, 0.717) is 13.0 Å². The number of nitrogens with two attached hydrogens (primary N) is 1. The zero-order valence-electron chi connectivity index (χ0n) is 13.3. The number of carboxylic acid groups (broad SMARTS) is 1. The molecule has 0 aromatic rings. The summed E-state index contributed by atoms with van der Waals surface area (Å²) in [6.45, 7) is 2.72. The van der Waals surface area contributed by atoms with Crippen molar-refractivity contribution in [2.75, 3.05) is 13.2 Å². The normalized spacial score (nSPS) is 9.95. The Balaban J connectivity index is 0. The van der Waals surface area contributed by atoms with Crippen molar-refractivity contribution in [3.8, 4) is 0 Å². The monoisotopic (exact) mass is 289 g/mol. The van der Waals surface area contributed by atoms with Crippen LogP contribution in [0.5, 0.6) is 0 Å². The zero-order chi connectivity index (χ0) is 15.5. The van der Waals surface area contributed by atoms with E-state index in [1.165, 1.54) is 57.8 Å². The minimum absolute atomic E-state index is 0.0972. The molecule has 0 radical (unpaired) electrons. The van der Waals surface area contributed by atoms with Crippen molar-refractivity contribution in [2.24, 2.45) is 5.73 Å². The molecule has 0 rings (SSSR count). The third-order valence-electron chi connectivity index (χ3n) is 3.12. The number of carbonyl (C=O) groups is 1. The molecule has 0 saturated heterocycles. The number of carboxylic acids is 1. The van der Waals surface area contributed by atoms with Crippen LogP contribution in [0.2, 0.25) is 0 Å². The summed E-state index contributed by atoms with van der Waals surface area (Å²) < 4.78 is 0. The van der Waals surface area contributed by atoms with E-state index >= 15 is 0 Å². The van der Waals surface area contributed by atoms with Gasteiger partial charge in [-0.1, -0.05) is 71.1 Å². The van der Waals surface area contributed by atoms with Crippen molar-refractivity contribution in [3.63, 3.8) is 0 Å². The molecule has 0 fully saturated rings. The predicted octanol–water partition coefficient (Wildman–Crippen LogP) is 3.71. The highest BCUT2D eigenvalue weighted by atomic mass is 16.4. The quantitative estimate of drug-likeness (QED) is 0.451. The molecular weight excluding hydrogens is 254 g/mol. The molecule has 0 spiro atoms. The van der Waals surface area contributed by atoms with E-state index in [-0.39, 0.29) is 6.61 Å². The Kier molecular flexibility index (Phi) is 22.4. The largest absolute Gasteiger partial charge is 0.481 e. The first-order valence-electron chi connectivity index (χ1n) is 8.21. The van der Waals surface area contributed by atoms with Gasteiger partial charge in [0, 0.05) is 13.0 Å². The lowest BCUT2D eigenvalue weighted by atomic mass is 10.1. The second-order valence-corrected chi connectivity index (χ2v) is 5.19. The average molecular weight is 289 g/mol. The van der Waals surface area contributed by atoms with Crippen LogP contribution in [0.3, 0.4) is 0 Å². The molecule has 0 atom stereocenters. The van der Waals surface area contributed by atoms with Crippen LogP contribution in [0.15, 0.2) is 0 Å². The summed E-state index contributed by atoms with van der Waals surface area (Å²) in [5.41, 5.74) is 4.78. The molecule has 0 aromatic carbocycles. The molecule has 0 aliphatic rings. The van der Waals surface area contributed by atoms with Gasteiger partial charge in [-0.3, -0.25) is 4.79 Å². The number of aliphatic hydroxyl groups excluding tert-OH is 1.